The van der Waals surface area contributed by atoms with Gasteiger partial charge in [0, 0.05) is 5.56 Å². The number of nitrogens with zero attached hydrogens (tertiary/aromatic N) is 1. The highest BCUT2D eigenvalue weighted by molar-refractivity contribution is 5.95. The van der Waals surface area contributed by atoms with Crippen LogP contribution in [0, 0.1) is 0 Å². The Bertz CT molecular complexity index is 482. The molecule has 5 nitrogen and oxygen atoms in total. The lowest BCUT2D eigenvalue weighted by Gasteiger charge is -2.30. The van der Waals surface area contributed by atoms with E-state index in [0.717, 1.165) is 31.9 Å². The zero-order chi connectivity index (χ0) is 13.2. The molecule has 1 saturated heterocycles. The van der Waals surface area contributed by atoms with Gasteiger partial charge >= 0.3 is 0 Å². The fraction of sp³-hybridized carbons (Fsp3) is 0.500. The van der Waals surface area contributed by atoms with E-state index < -0.39 is 0 Å². The van der Waals surface area contributed by atoms with E-state index in [1.807, 2.05) is 17.0 Å². The van der Waals surface area contributed by atoms with E-state index in [4.69, 9.17) is 9.47 Å². The lowest BCUT2D eigenvalue weighted by Crippen LogP contribution is -3.12. The number of carbonyl (C=O) groups excluding carboxylic acids is 1. The van der Waals surface area contributed by atoms with Gasteiger partial charge in [-0.25, -0.2) is 0 Å². The minimum absolute atomic E-state index is 0.0875. The molecule has 102 valence electrons. The maximum atomic E-state index is 12.4. The topological polar surface area (TPSA) is 43.2 Å². The molecule has 19 heavy (non-hydrogen) atoms. The van der Waals surface area contributed by atoms with Gasteiger partial charge in [-0.05, 0) is 18.2 Å². The number of fused-ring (bicyclic) bond motifs is 1. The molecule has 1 N–H and O–H groups in total. The number of amides is 1. The Morgan fingerprint density at radius 2 is 1.84 bits per heavy atom. The Balaban J connectivity index is 1.76. The first kappa shape index (κ1) is 12.3. The Hall–Kier alpha value is -1.75. The average Bonchev–Trinajstić information content (AvgIpc) is 2.47. The van der Waals surface area contributed by atoms with E-state index in [1.165, 1.54) is 4.90 Å². The third-order valence-corrected chi connectivity index (χ3v) is 3.69. The van der Waals surface area contributed by atoms with Crippen LogP contribution in [0.4, 0.5) is 0 Å². The number of piperazine rings is 1. The monoisotopic (exact) mass is 263 g/mol. The molecule has 2 heterocycles. The first-order valence-corrected chi connectivity index (χ1v) is 6.74. The van der Waals surface area contributed by atoms with Crippen LogP contribution >= 0.6 is 0 Å². The fourth-order valence-electron chi connectivity index (χ4n) is 2.45. The van der Waals surface area contributed by atoms with E-state index in [9.17, 15) is 4.79 Å². The van der Waals surface area contributed by atoms with Crippen LogP contribution in [0.5, 0.6) is 11.5 Å². The minimum atomic E-state index is 0.0875. The smallest absolute Gasteiger partial charge is 0.254 e. The highest BCUT2D eigenvalue weighted by Gasteiger charge is 2.23. The molecular weight excluding hydrogens is 244 g/mol. The van der Waals surface area contributed by atoms with E-state index in [2.05, 4.69) is 7.05 Å². The van der Waals surface area contributed by atoms with Crippen molar-refractivity contribution in [2.75, 3.05) is 46.4 Å². The van der Waals surface area contributed by atoms with Crippen molar-refractivity contribution in [3.05, 3.63) is 23.8 Å². The summed E-state index contributed by atoms with van der Waals surface area (Å²) >= 11 is 0. The van der Waals surface area contributed by atoms with Gasteiger partial charge in [0.05, 0.1) is 33.2 Å². The van der Waals surface area contributed by atoms with Gasteiger partial charge in [-0.2, -0.15) is 0 Å². The summed E-state index contributed by atoms with van der Waals surface area (Å²) in [5.74, 6) is 1.49. The van der Waals surface area contributed by atoms with E-state index in [0.29, 0.717) is 24.5 Å². The Morgan fingerprint density at radius 3 is 2.58 bits per heavy atom. The Kier molecular flexibility index (Phi) is 3.29. The average molecular weight is 263 g/mol. The second kappa shape index (κ2) is 5.09. The molecule has 1 amide bonds. The van der Waals surface area contributed by atoms with Gasteiger partial charge < -0.3 is 19.3 Å². The van der Waals surface area contributed by atoms with E-state index in [1.54, 1.807) is 6.07 Å². The van der Waals surface area contributed by atoms with Crippen LogP contribution in [-0.2, 0) is 0 Å². The quantitative estimate of drug-likeness (QED) is 0.738. The van der Waals surface area contributed by atoms with Crippen molar-refractivity contribution >= 4 is 5.91 Å². The predicted molar refractivity (Wildman–Crippen MR) is 70.0 cm³/mol. The number of likely N-dealkylation sites (N-methyl/N-ethyl adjacent to an activating group) is 1. The number of nitrogens with one attached hydrogen (secondary N) is 1. The van der Waals surface area contributed by atoms with Crippen molar-refractivity contribution in [3.8, 4) is 11.5 Å². The van der Waals surface area contributed by atoms with E-state index >= 15 is 0 Å². The first-order valence-electron chi connectivity index (χ1n) is 6.74. The van der Waals surface area contributed by atoms with Crippen molar-refractivity contribution < 1.29 is 19.2 Å². The Morgan fingerprint density at radius 1 is 1.16 bits per heavy atom. The summed E-state index contributed by atoms with van der Waals surface area (Å²) in [5.41, 5.74) is 0.684. The highest BCUT2D eigenvalue weighted by atomic mass is 16.6. The van der Waals surface area contributed by atoms with Crippen molar-refractivity contribution in [1.82, 2.24) is 4.90 Å². The molecular formula is C14H19N2O3+. The second-order valence-electron chi connectivity index (χ2n) is 5.11. The molecule has 0 saturated carbocycles. The van der Waals surface area contributed by atoms with Crippen LogP contribution < -0.4 is 14.4 Å². The number of hydrogen-bond donors (Lipinski definition) is 1. The zero-order valence-electron chi connectivity index (χ0n) is 11.1. The molecule has 0 radical (unpaired) electrons. The molecule has 0 aromatic heterocycles. The highest BCUT2D eigenvalue weighted by Crippen LogP contribution is 2.31. The van der Waals surface area contributed by atoms with Crippen LogP contribution in [0.25, 0.3) is 0 Å². The van der Waals surface area contributed by atoms with Gasteiger partial charge in [0.15, 0.2) is 11.5 Å². The maximum absolute atomic E-state index is 12.4. The third-order valence-electron chi connectivity index (χ3n) is 3.69. The van der Waals surface area contributed by atoms with Crippen molar-refractivity contribution in [1.29, 1.82) is 0 Å². The predicted octanol–water partition coefficient (Wildman–Crippen LogP) is -0.572. The Labute approximate surface area is 112 Å². The number of quaternary nitrogens is 1. The van der Waals surface area contributed by atoms with Crippen LogP contribution in [0.15, 0.2) is 18.2 Å². The van der Waals surface area contributed by atoms with Gasteiger partial charge in [-0.3, -0.25) is 4.79 Å². The van der Waals surface area contributed by atoms with E-state index in [-0.39, 0.29) is 5.91 Å². The van der Waals surface area contributed by atoms with Crippen molar-refractivity contribution in [2.45, 2.75) is 0 Å². The van der Waals surface area contributed by atoms with Crippen LogP contribution in [0.2, 0.25) is 0 Å². The molecule has 2 aliphatic heterocycles. The minimum Gasteiger partial charge on any atom is -0.486 e. The lowest BCUT2D eigenvalue weighted by atomic mass is 10.1. The van der Waals surface area contributed by atoms with Crippen LogP contribution in [-0.4, -0.2) is 57.2 Å². The number of hydrogen-bond acceptors (Lipinski definition) is 3. The third kappa shape index (κ3) is 2.51. The standard InChI is InChI=1S/C14H18N2O3/c1-15-4-6-16(7-5-15)14(17)11-2-3-12-13(10-11)19-9-8-18-12/h2-3,10H,4-9H2,1H3/p+1. The lowest BCUT2D eigenvalue weighted by molar-refractivity contribution is -0.883. The molecule has 0 aliphatic carbocycles. The number of ether oxygens (including phenoxy) is 2. The van der Waals surface area contributed by atoms with Gasteiger partial charge in [-0.15, -0.1) is 0 Å². The summed E-state index contributed by atoms with van der Waals surface area (Å²) in [5, 5.41) is 0. The SMILES string of the molecule is C[NH+]1CCN(C(=O)c2ccc3c(c2)OCCO3)CC1. The summed E-state index contributed by atoms with van der Waals surface area (Å²) in [6, 6.07) is 5.44. The molecule has 0 spiro atoms. The van der Waals surface area contributed by atoms with Gasteiger partial charge in [-0.1, -0.05) is 0 Å². The molecule has 5 heteroatoms. The van der Waals surface area contributed by atoms with Crippen LogP contribution in [0.3, 0.4) is 0 Å². The zero-order valence-corrected chi connectivity index (χ0v) is 11.1. The number of rotatable bonds is 1. The molecule has 1 aromatic carbocycles. The van der Waals surface area contributed by atoms with Crippen molar-refractivity contribution in [2.24, 2.45) is 0 Å². The summed E-state index contributed by atoms with van der Waals surface area (Å²) in [6.45, 7) is 4.77. The molecule has 0 bridgehead atoms. The van der Waals surface area contributed by atoms with Gasteiger partial charge in [0.25, 0.3) is 5.91 Å². The largest absolute Gasteiger partial charge is 0.486 e. The van der Waals surface area contributed by atoms with Gasteiger partial charge in [0.2, 0.25) is 0 Å². The molecule has 0 atom stereocenters. The number of carbonyl (C=O) groups is 1. The first-order chi connectivity index (χ1) is 9.24. The second-order valence-corrected chi connectivity index (χ2v) is 5.11. The molecule has 2 aliphatic rings. The molecule has 1 aromatic rings. The molecule has 0 unspecified atom stereocenters. The molecule has 1 fully saturated rings. The summed E-state index contributed by atoms with van der Waals surface area (Å²) in [6.07, 6.45) is 0. The van der Waals surface area contributed by atoms with Crippen molar-refractivity contribution in [3.63, 3.8) is 0 Å². The summed E-state index contributed by atoms with van der Waals surface area (Å²) in [7, 11) is 2.16. The number of benzene rings is 1. The normalized spacial score (nSPS) is 19.3. The van der Waals surface area contributed by atoms with Crippen LogP contribution in [0.1, 0.15) is 10.4 Å². The van der Waals surface area contributed by atoms with Gasteiger partial charge in [0.1, 0.15) is 13.2 Å². The molecule has 3 rings (SSSR count). The maximum Gasteiger partial charge on any atom is 0.254 e. The summed E-state index contributed by atoms with van der Waals surface area (Å²) < 4.78 is 11.0. The summed E-state index contributed by atoms with van der Waals surface area (Å²) in [4.78, 5) is 15.8. The fourth-order valence-corrected chi connectivity index (χ4v) is 2.45.